The summed E-state index contributed by atoms with van der Waals surface area (Å²) in [4.78, 5) is 35.9. The fourth-order valence-corrected chi connectivity index (χ4v) is 3.62. The third kappa shape index (κ3) is 3.75. The number of aromatic nitrogens is 3. The summed E-state index contributed by atoms with van der Waals surface area (Å²) in [6.45, 7) is 1.91. The van der Waals surface area contributed by atoms with Gasteiger partial charge >= 0.3 is 12.1 Å². The second kappa shape index (κ2) is 7.45. The van der Waals surface area contributed by atoms with Crippen molar-refractivity contribution >= 4 is 12.1 Å². The van der Waals surface area contributed by atoms with Crippen LogP contribution in [0.2, 0.25) is 0 Å². The van der Waals surface area contributed by atoms with Gasteiger partial charge in [0, 0.05) is 32.8 Å². The van der Waals surface area contributed by atoms with E-state index in [2.05, 4.69) is 20.4 Å². The van der Waals surface area contributed by atoms with Gasteiger partial charge in [0.1, 0.15) is 11.3 Å². The Bertz CT molecular complexity index is 857. The van der Waals surface area contributed by atoms with E-state index in [1.165, 1.54) is 0 Å². The molecule has 10 nitrogen and oxygen atoms in total. The molecular formula is C18H22N6O4. The van der Waals surface area contributed by atoms with Gasteiger partial charge in [-0.1, -0.05) is 11.2 Å². The van der Waals surface area contributed by atoms with Gasteiger partial charge in [-0.2, -0.15) is 4.98 Å². The van der Waals surface area contributed by atoms with Crippen LogP contribution in [0.1, 0.15) is 18.7 Å². The topological polar surface area (TPSA) is 114 Å². The normalized spacial score (nSPS) is 21.8. The highest BCUT2D eigenvalue weighted by Gasteiger charge is 2.47. The molecule has 2 saturated heterocycles. The third-order valence-corrected chi connectivity index (χ3v) is 4.94. The molecule has 2 fully saturated rings. The Labute approximate surface area is 161 Å². The number of hydrogen-bond donors (Lipinski definition) is 1. The van der Waals surface area contributed by atoms with Crippen LogP contribution in [-0.4, -0.2) is 75.9 Å². The Morgan fingerprint density at radius 2 is 2.25 bits per heavy atom. The van der Waals surface area contributed by atoms with Crippen LogP contribution >= 0.6 is 0 Å². The van der Waals surface area contributed by atoms with Crippen molar-refractivity contribution in [2.75, 3.05) is 33.2 Å². The molecule has 1 spiro atoms. The van der Waals surface area contributed by atoms with E-state index in [0.29, 0.717) is 50.0 Å². The van der Waals surface area contributed by atoms with Crippen LogP contribution in [0, 0.1) is 0 Å². The van der Waals surface area contributed by atoms with Crippen molar-refractivity contribution < 1.29 is 18.8 Å². The zero-order valence-electron chi connectivity index (χ0n) is 15.6. The minimum Gasteiger partial charge on any atom is -0.439 e. The minimum absolute atomic E-state index is 0.186. The molecular weight excluding hydrogens is 364 g/mol. The molecule has 4 heterocycles. The standard InChI is InChI=1S/C18H22N6O4/c1-23-11-18(27-17(23)26)7-4-10-24(12-18)16(25)20-9-6-14-21-15(22-28-14)13-5-2-3-8-19-13/h2-3,5,8H,4,6-7,9-12H2,1H3,(H,20,25)/t18-/m0/s1. The second-order valence-electron chi connectivity index (χ2n) is 7.14. The molecule has 1 N–H and O–H groups in total. The van der Waals surface area contributed by atoms with Crippen molar-refractivity contribution in [1.82, 2.24) is 30.2 Å². The van der Waals surface area contributed by atoms with Crippen molar-refractivity contribution in [1.29, 1.82) is 0 Å². The lowest BCUT2D eigenvalue weighted by Crippen LogP contribution is -2.54. The molecule has 2 aliphatic heterocycles. The summed E-state index contributed by atoms with van der Waals surface area (Å²) >= 11 is 0. The van der Waals surface area contributed by atoms with Crippen LogP contribution in [-0.2, 0) is 11.2 Å². The number of carbonyl (C=O) groups excluding carboxylic acids is 2. The Balaban J connectivity index is 1.28. The Morgan fingerprint density at radius 1 is 1.36 bits per heavy atom. The smallest absolute Gasteiger partial charge is 0.410 e. The van der Waals surface area contributed by atoms with Gasteiger partial charge in [-0.25, -0.2) is 9.59 Å². The lowest BCUT2D eigenvalue weighted by Gasteiger charge is -2.38. The molecule has 0 aliphatic carbocycles. The van der Waals surface area contributed by atoms with Gasteiger partial charge in [0.2, 0.25) is 11.7 Å². The zero-order valence-corrected chi connectivity index (χ0v) is 15.6. The van der Waals surface area contributed by atoms with Gasteiger partial charge in [0.15, 0.2) is 0 Å². The molecule has 0 unspecified atom stereocenters. The average molecular weight is 386 g/mol. The van der Waals surface area contributed by atoms with Gasteiger partial charge in [-0.15, -0.1) is 0 Å². The van der Waals surface area contributed by atoms with Crippen molar-refractivity contribution in [2.24, 2.45) is 0 Å². The number of piperidine rings is 1. The Kier molecular flexibility index (Phi) is 4.84. The summed E-state index contributed by atoms with van der Waals surface area (Å²) in [5, 5.41) is 6.78. The number of amides is 3. The van der Waals surface area contributed by atoms with E-state index >= 15 is 0 Å². The summed E-state index contributed by atoms with van der Waals surface area (Å²) in [5.41, 5.74) is 0.0436. The highest BCUT2D eigenvalue weighted by Crippen LogP contribution is 2.31. The van der Waals surface area contributed by atoms with Crippen LogP contribution in [0.3, 0.4) is 0 Å². The molecule has 28 heavy (non-hydrogen) atoms. The maximum atomic E-state index is 12.5. The molecule has 0 saturated carbocycles. The summed E-state index contributed by atoms with van der Waals surface area (Å²) in [6.07, 6.45) is 3.32. The van der Waals surface area contributed by atoms with Crippen LogP contribution in [0.25, 0.3) is 11.5 Å². The number of carbonyl (C=O) groups is 2. The molecule has 1 atom stereocenters. The highest BCUT2D eigenvalue weighted by molar-refractivity contribution is 5.75. The fourth-order valence-electron chi connectivity index (χ4n) is 3.62. The minimum atomic E-state index is -0.592. The molecule has 2 aromatic heterocycles. The van der Waals surface area contributed by atoms with E-state index in [9.17, 15) is 9.59 Å². The summed E-state index contributed by atoms with van der Waals surface area (Å²) in [5.74, 6) is 0.856. The maximum absolute atomic E-state index is 12.5. The second-order valence-corrected chi connectivity index (χ2v) is 7.14. The van der Waals surface area contributed by atoms with E-state index in [-0.39, 0.29) is 12.1 Å². The molecule has 2 aliphatic rings. The van der Waals surface area contributed by atoms with E-state index in [0.717, 1.165) is 12.8 Å². The first kappa shape index (κ1) is 18.2. The van der Waals surface area contributed by atoms with Crippen molar-refractivity contribution in [3.63, 3.8) is 0 Å². The number of likely N-dealkylation sites (N-methyl/N-ethyl adjacent to an activating group) is 1. The van der Waals surface area contributed by atoms with Gasteiger partial charge in [-0.05, 0) is 25.0 Å². The van der Waals surface area contributed by atoms with E-state index < -0.39 is 5.60 Å². The summed E-state index contributed by atoms with van der Waals surface area (Å²) in [7, 11) is 1.71. The van der Waals surface area contributed by atoms with Gasteiger partial charge in [0.05, 0.1) is 13.1 Å². The number of likely N-dealkylation sites (tertiary alicyclic amines) is 1. The lowest BCUT2D eigenvalue weighted by atomic mass is 9.93. The first-order valence-electron chi connectivity index (χ1n) is 9.26. The largest absolute Gasteiger partial charge is 0.439 e. The number of hydrogen-bond acceptors (Lipinski definition) is 7. The predicted octanol–water partition coefficient (Wildman–Crippen LogP) is 1.30. The van der Waals surface area contributed by atoms with Crippen LogP contribution < -0.4 is 5.32 Å². The lowest BCUT2D eigenvalue weighted by molar-refractivity contribution is 0.00323. The molecule has 3 amide bonds. The number of pyridine rings is 1. The van der Waals surface area contributed by atoms with Crippen molar-refractivity contribution in [3.8, 4) is 11.5 Å². The van der Waals surface area contributed by atoms with Gasteiger partial charge < -0.3 is 24.4 Å². The van der Waals surface area contributed by atoms with E-state index in [1.807, 2.05) is 12.1 Å². The SMILES string of the molecule is CN1C[C@]2(CCCN(C(=O)NCCc3nc(-c4ccccn4)no3)C2)OC1=O. The predicted molar refractivity (Wildman–Crippen MR) is 97.3 cm³/mol. The Hall–Kier alpha value is -3.17. The quantitative estimate of drug-likeness (QED) is 0.842. The van der Waals surface area contributed by atoms with E-state index in [4.69, 9.17) is 9.26 Å². The number of urea groups is 1. The number of nitrogens with one attached hydrogen (secondary N) is 1. The highest BCUT2D eigenvalue weighted by atomic mass is 16.6. The molecule has 0 bridgehead atoms. The zero-order chi connectivity index (χ0) is 19.6. The maximum Gasteiger partial charge on any atom is 0.410 e. The van der Waals surface area contributed by atoms with Crippen LogP contribution in [0.5, 0.6) is 0 Å². The first-order chi connectivity index (χ1) is 13.5. The molecule has 0 radical (unpaired) electrons. The molecule has 0 aromatic carbocycles. The number of nitrogens with zero attached hydrogens (tertiary/aromatic N) is 5. The average Bonchev–Trinajstić information content (AvgIpc) is 3.27. The van der Waals surface area contributed by atoms with Crippen molar-refractivity contribution in [3.05, 3.63) is 30.3 Å². The van der Waals surface area contributed by atoms with Crippen LogP contribution in [0.15, 0.2) is 28.9 Å². The monoisotopic (exact) mass is 386 g/mol. The van der Waals surface area contributed by atoms with Crippen LogP contribution in [0.4, 0.5) is 9.59 Å². The molecule has 148 valence electrons. The summed E-state index contributed by atoms with van der Waals surface area (Å²) < 4.78 is 10.7. The molecule has 10 heteroatoms. The first-order valence-corrected chi connectivity index (χ1v) is 9.26. The number of ether oxygens (including phenoxy) is 1. The van der Waals surface area contributed by atoms with Gasteiger partial charge in [-0.3, -0.25) is 4.98 Å². The summed E-state index contributed by atoms with van der Waals surface area (Å²) in [6, 6.07) is 5.28. The molecule has 4 rings (SSSR count). The van der Waals surface area contributed by atoms with Gasteiger partial charge in [0.25, 0.3) is 0 Å². The Morgan fingerprint density at radius 3 is 3.00 bits per heavy atom. The van der Waals surface area contributed by atoms with E-state index in [1.54, 1.807) is 29.1 Å². The number of rotatable bonds is 4. The fraction of sp³-hybridized carbons (Fsp3) is 0.500. The van der Waals surface area contributed by atoms with Crippen molar-refractivity contribution in [2.45, 2.75) is 24.9 Å². The molecule has 2 aromatic rings. The third-order valence-electron chi connectivity index (χ3n) is 4.94.